The van der Waals surface area contributed by atoms with Crippen LogP contribution in [0.25, 0.3) is 0 Å². The SMILES string of the molecule is CCN(CC(=O)Nc1ccc2c(c1)OCCO2)C(=O)C1(c2cccc(C)c2)CCCC1. The minimum absolute atomic E-state index is 0.0251. The first-order valence-corrected chi connectivity index (χ1v) is 11.1. The number of rotatable bonds is 6. The normalized spacial score (nSPS) is 16.6. The van der Waals surface area contributed by atoms with E-state index in [0.29, 0.717) is 36.9 Å². The van der Waals surface area contributed by atoms with E-state index in [1.807, 2.05) is 13.0 Å². The highest BCUT2D eigenvalue weighted by Gasteiger charge is 2.45. The first-order valence-electron chi connectivity index (χ1n) is 11.1. The summed E-state index contributed by atoms with van der Waals surface area (Å²) in [5.74, 6) is 1.13. The lowest BCUT2D eigenvalue weighted by Crippen LogP contribution is -2.48. The number of likely N-dealkylation sites (N-methyl/N-ethyl adjacent to an activating group) is 1. The second-order valence-corrected chi connectivity index (χ2v) is 8.38. The number of nitrogens with zero attached hydrogens (tertiary/aromatic N) is 1. The summed E-state index contributed by atoms with van der Waals surface area (Å²) in [7, 11) is 0. The quantitative estimate of drug-likeness (QED) is 0.762. The van der Waals surface area contributed by atoms with E-state index in [4.69, 9.17) is 9.47 Å². The number of carbonyl (C=O) groups is 2. The lowest BCUT2D eigenvalue weighted by molar-refractivity contribution is -0.139. The second kappa shape index (κ2) is 9.00. The van der Waals surface area contributed by atoms with E-state index in [-0.39, 0.29) is 18.4 Å². The maximum absolute atomic E-state index is 13.7. The molecule has 1 aliphatic carbocycles. The molecule has 0 aromatic heterocycles. The van der Waals surface area contributed by atoms with Crippen LogP contribution in [-0.2, 0) is 15.0 Å². The Hall–Kier alpha value is -3.02. The Bertz CT molecular complexity index is 966. The van der Waals surface area contributed by atoms with Gasteiger partial charge >= 0.3 is 0 Å². The Morgan fingerprint density at radius 2 is 1.77 bits per heavy atom. The summed E-state index contributed by atoms with van der Waals surface area (Å²) in [6.45, 7) is 5.50. The number of nitrogens with one attached hydrogen (secondary N) is 1. The Balaban J connectivity index is 1.48. The number of anilines is 1. The zero-order valence-electron chi connectivity index (χ0n) is 18.3. The van der Waals surface area contributed by atoms with Crippen molar-refractivity contribution in [2.45, 2.75) is 44.9 Å². The van der Waals surface area contributed by atoms with Gasteiger partial charge in [-0.05, 0) is 44.4 Å². The molecule has 0 spiro atoms. The molecule has 2 aliphatic rings. The molecule has 31 heavy (non-hydrogen) atoms. The van der Waals surface area contributed by atoms with Gasteiger partial charge in [0.1, 0.15) is 13.2 Å². The van der Waals surface area contributed by atoms with E-state index < -0.39 is 5.41 Å². The lowest BCUT2D eigenvalue weighted by atomic mass is 9.77. The minimum Gasteiger partial charge on any atom is -0.486 e. The molecule has 2 amide bonds. The van der Waals surface area contributed by atoms with E-state index in [1.165, 1.54) is 0 Å². The third kappa shape index (κ3) is 4.38. The summed E-state index contributed by atoms with van der Waals surface area (Å²) in [6, 6.07) is 13.6. The summed E-state index contributed by atoms with van der Waals surface area (Å²) in [5.41, 5.74) is 2.32. The first-order chi connectivity index (χ1) is 15.0. The molecule has 1 heterocycles. The van der Waals surface area contributed by atoms with Crippen LogP contribution in [0.5, 0.6) is 11.5 Å². The third-order valence-corrected chi connectivity index (χ3v) is 6.27. The molecule has 1 N–H and O–H groups in total. The highest BCUT2D eigenvalue weighted by Crippen LogP contribution is 2.43. The van der Waals surface area contributed by atoms with Crippen molar-refractivity contribution in [1.29, 1.82) is 0 Å². The van der Waals surface area contributed by atoms with Crippen molar-refractivity contribution < 1.29 is 19.1 Å². The monoisotopic (exact) mass is 422 g/mol. The maximum Gasteiger partial charge on any atom is 0.243 e. The topological polar surface area (TPSA) is 67.9 Å². The highest BCUT2D eigenvalue weighted by atomic mass is 16.6. The average molecular weight is 423 g/mol. The molecular weight excluding hydrogens is 392 g/mol. The second-order valence-electron chi connectivity index (χ2n) is 8.38. The van der Waals surface area contributed by atoms with Crippen molar-refractivity contribution in [1.82, 2.24) is 4.90 Å². The van der Waals surface area contributed by atoms with E-state index in [9.17, 15) is 9.59 Å². The van der Waals surface area contributed by atoms with Crippen LogP contribution in [0.3, 0.4) is 0 Å². The van der Waals surface area contributed by atoms with Crippen LogP contribution >= 0.6 is 0 Å². The smallest absolute Gasteiger partial charge is 0.243 e. The fourth-order valence-electron chi connectivity index (χ4n) is 4.67. The molecule has 1 aliphatic heterocycles. The predicted molar refractivity (Wildman–Crippen MR) is 120 cm³/mol. The number of aryl methyl sites for hydroxylation is 1. The van der Waals surface area contributed by atoms with E-state index in [0.717, 1.165) is 36.8 Å². The molecule has 6 heteroatoms. The Morgan fingerprint density at radius 1 is 1.03 bits per heavy atom. The molecule has 0 bridgehead atoms. The Kier molecular flexibility index (Phi) is 6.16. The van der Waals surface area contributed by atoms with Gasteiger partial charge in [-0.2, -0.15) is 0 Å². The molecular formula is C25H30N2O4. The van der Waals surface area contributed by atoms with Crippen molar-refractivity contribution in [3.63, 3.8) is 0 Å². The maximum atomic E-state index is 13.7. The van der Waals surface area contributed by atoms with Crippen LogP contribution in [0.4, 0.5) is 5.69 Å². The van der Waals surface area contributed by atoms with E-state index in [1.54, 1.807) is 23.1 Å². The summed E-state index contributed by atoms with van der Waals surface area (Å²) >= 11 is 0. The van der Waals surface area contributed by atoms with Crippen LogP contribution in [0.15, 0.2) is 42.5 Å². The summed E-state index contributed by atoms with van der Waals surface area (Å²) in [4.78, 5) is 28.2. The van der Waals surface area contributed by atoms with E-state index >= 15 is 0 Å². The van der Waals surface area contributed by atoms with Gasteiger partial charge < -0.3 is 19.7 Å². The fraction of sp³-hybridized carbons (Fsp3) is 0.440. The van der Waals surface area contributed by atoms with Crippen molar-refractivity contribution in [3.8, 4) is 11.5 Å². The fourth-order valence-corrected chi connectivity index (χ4v) is 4.67. The molecule has 2 aromatic carbocycles. The van der Waals surface area contributed by atoms with Crippen LogP contribution in [0, 0.1) is 6.92 Å². The molecule has 6 nitrogen and oxygen atoms in total. The number of hydrogen-bond acceptors (Lipinski definition) is 4. The molecule has 0 atom stereocenters. The van der Waals surface area contributed by atoms with Gasteiger partial charge in [-0.1, -0.05) is 42.7 Å². The number of ether oxygens (including phenoxy) is 2. The zero-order valence-corrected chi connectivity index (χ0v) is 18.3. The van der Waals surface area contributed by atoms with Crippen LogP contribution in [0.1, 0.15) is 43.7 Å². The van der Waals surface area contributed by atoms with Gasteiger partial charge in [0.25, 0.3) is 0 Å². The van der Waals surface area contributed by atoms with Gasteiger partial charge in [-0.15, -0.1) is 0 Å². The summed E-state index contributed by atoms with van der Waals surface area (Å²) in [6.07, 6.45) is 3.71. The number of benzene rings is 2. The number of fused-ring (bicyclic) bond motifs is 1. The Labute approximate surface area is 183 Å². The molecule has 1 saturated carbocycles. The van der Waals surface area contributed by atoms with Gasteiger partial charge in [-0.3, -0.25) is 9.59 Å². The molecule has 0 unspecified atom stereocenters. The van der Waals surface area contributed by atoms with Crippen molar-refractivity contribution in [3.05, 3.63) is 53.6 Å². The molecule has 0 radical (unpaired) electrons. The highest BCUT2D eigenvalue weighted by molar-refractivity contribution is 5.97. The lowest BCUT2D eigenvalue weighted by Gasteiger charge is -2.34. The van der Waals surface area contributed by atoms with Crippen molar-refractivity contribution >= 4 is 17.5 Å². The van der Waals surface area contributed by atoms with Gasteiger partial charge in [0.15, 0.2) is 11.5 Å². The number of amides is 2. The third-order valence-electron chi connectivity index (χ3n) is 6.27. The van der Waals surface area contributed by atoms with Gasteiger partial charge in [0, 0.05) is 18.3 Å². The number of hydrogen-bond donors (Lipinski definition) is 1. The van der Waals surface area contributed by atoms with Crippen molar-refractivity contribution in [2.24, 2.45) is 0 Å². The van der Waals surface area contributed by atoms with Gasteiger partial charge in [0.2, 0.25) is 11.8 Å². The first kappa shape index (κ1) is 21.2. The average Bonchev–Trinajstić information content (AvgIpc) is 3.28. The summed E-state index contributed by atoms with van der Waals surface area (Å²) in [5, 5.41) is 2.90. The van der Waals surface area contributed by atoms with Crippen LogP contribution in [-0.4, -0.2) is 43.0 Å². The minimum atomic E-state index is -0.528. The molecule has 0 saturated heterocycles. The van der Waals surface area contributed by atoms with Gasteiger partial charge in [0.05, 0.1) is 12.0 Å². The van der Waals surface area contributed by atoms with Crippen LogP contribution < -0.4 is 14.8 Å². The molecule has 1 fully saturated rings. The zero-order chi connectivity index (χ0) is 21.8. The Morgan fingerprint density at radius 3 is 2.48 bits per heavy atom. The van der Waals surface area contributed by atoms with Crippen LogP contribution in [0.2, 0.25) is 0 Å². The molecule has 164 valence electrons. The summed E-state index contributed by atoms with van der Waals surface area (Å²) < 4.78 is 11.1. The van der Waals surface area contributed by atoms with Gasteiger partial charge in [-0.25, -0.2) is 0 Å². The molecule has 2 aromatic rings. The predicted octanol–water partition coefficient (Wildman–Crippen LogP) is 4.07. The standard InChI is InChI=1S/C25H30N2O4/c1-3-27(17-23(28)26-20-9-10-21-22(16-20)31-14-13-30-21)24(29)25(11-4-5-12-25)19-8-6-7-18(2)15-19/h6-10,15-16H,3-5,11-14,17H2,1-2H3,(H,26,28). The largest absolute Gasteiger partial charge is 0.486 e. The molecule has 4 rings (SSSR count). The van der Waals surface area contributed by atoms with E-state index in [2.05, 4.69) is 30.4 Å². The van der Waals surface area contributed by atoms with Crippen molar-refractivity contribution in [2.75, 3.05) is 31.6 Å². The number of carbonyl (C=O) groups excluding carboxylic acids is 2.